The van der Waals surface area contributed by atoms with Gasteiger partial charge in [-0.3, -0.25) is 9.59 Å². The van der Waals surface area contributed by atoms with Crippen molar-refractivity contribution in [1.82, 2.24) is 0 Å². The molecular weight excluding hydrogens is 216 g/mol. The summed E-state index contributed by atoms with van der Waals surface area (Å²) in [6.07, 6.45) is 0. The van der Waals surface area contributed by atoms with Crippen molar-refractivity contribution in [3.8, 4) is 0 Å². The zero-order chi connectivity index (χ0) is 11.4. The van der Waals surface area contributed by atoms with Crippen LogP contribution in [0.4, 0.5) is 0 Å². The summed E-state index contributed by atoms with van der Waals surface area (Å²) in [6.45, 7) is 2.62. The molecule has 2 N–H and O–H groups in total. The fourth-order valence-electron chi connectivity index (χ4n) is 0.371. The molecule has 0 amide bonds. The minimum Gasteiger partial charge on any atom is -1.00 e. The van der Waals surface area contributed by atoms with Crippen LogP contribution >= 0.6 is 0 Å². The number of rotatable bonds is 4. The van der Waals surface area contributed by atoms with Crippen LogP contribution in [-0.4, -0.2) is 71.6 Å². The monoisotopic (exact) mass is 234 g/mol. The molecule has 0 aliphatic heterocycles. The zero-order valence-corrected chi connectivity index (χ0v) is 10.5. The molecule has 7 heteroatoms. The second-order valence-corrected chi connectivity index (χ2v) is 2.13. The maximum atomic E-state index is 10.1. The molecular formula is C8H18MgO6. The molecule has 0 saturated heterocycles. The fraction of sp³-hybridized carbons (Fsp3) is 0.750. The molecule has 0 atom stereocenters. The second-order valence-electron chi connectivity index (χ2n) is 2.13. The number of ether oxygens (including phenoxy) is 2. The van der Waals surface area contributed by atoms with Gasteiger partial charge in [0.1, 0.15) is 13.2 Å². The summed E-state index contributed by atoms with van der Waals surface area (Å²) in [7, 11) is 0. The van der Waals surface area contributed by atoms with Crippen molar-refractivity contribution < 1.29 is 32.1 Å². The van der Waals surface area contributed by atoms with E-state index in [1.165, 1.54) is 13.8 Å². The molecule has 0 rings (SSSR count). The number of aliphatic hydroxyl groups is 2. The van der Waals surface area contributed by atoms with Crippen molar-refractivity contribution in [3.05, 3.63) is 0 Å². The summed E-state index contributed by atoms with van der Waals surface area (Å²) in [6, 6.07) is 0. The molecule has 0 aromatic rings. The molecule has 0 heterocycles. The molecule has 0 aliphatic rings. The molecule has 0 aliphatic carbocycles. The number of esters is 2. The van der Waals surface area contributed by atoms with Crippen LogP contribution in [0.3, 0.4) is 0 Å². The van der Waals surface area contributed by atoms with Gasteiger partial charge in [-0.05, 0) is 0 Å². The van der Waals surface area contributed by atoms with Crippen LogP contribution in [0.15, 0.2) is 0 Å². The van der Waals surface area contributed by atoms with Crippen LogP contribution in [-0.2, 0) is 19.1 Å². The first-order valence-electron chi connectivity index (χ1n) is 4.03. The van der Waals surface area contributed by atoms with Gasteiger partial charge in [-0.2, -0.15) is 0 Å². The number of carbonyl (C=O) groups is 2. The van der Waals surface area contributed by atoms with Crippen molar-refractivity contribution >= 4 is 35.0 Å². The zero-order valence-electron chi connectivity index (χ0n) is 11.1. The van der Waals surface area contributed by atoms with Gasteiger partial charge in [0.25, 0.3) is 0 Å². The van der Waals surface area contributed by atoms with Gasteiger partial charge < -0.3 is 22.5 Å². The Balaban J connectivity index is -0.0000000607. The minimum atomic E-state index is -0.368. The van der Waals surface area contributed by atoms with E-state index in [9.17, 15) is 9.59 Å². The van der Waals surface area contributed by atoms with Crippen molar-refractivity contribution in [3.63, 3.8) is 0 Å². The first-order valence-corrected chi connectivity index (χ1v) is 4.03. The van der Waals surface area contributed by atoms with Crippen molar-refractivity contribution in [2.45, 2.75) is 13.8 Å². The smallest absolute Gasteiger partial charge is 1.00 e. The Hall–Kier alpha value is -0.374. The van der Waals surface area contributed by atoms with Crippen LogP contribution in [0.25, 0.3) is 0 Å². The van der Waals surface area contributed by atoms with Crippen LogP contribution in [0, 0.1) is 0 Å². The molecule has 0 fully saturated rings. The molecule has 15 heavy (non-hydrogen) atoms. The average molecular weight is 235 g/mol. The molecule has 88 valence electrons. The summed E-state index contributed by atoms with van der Waals surface area (Å²) < 4.78 is 8.95. The summed E-state index contributed by atoms with van der Waals surface area (Å²) in [5.41, 5.74) is 0. The van der Waals surface area contributed by atoms with Gasteiger partial charge in [-0.15, -0.1) is 0 Å². The van der Waals surface area contributed by atoms with E-state index in [1.54, 1.807) is 0 Å². The normalized spacial score (nSPS) is 7.73. The van der Waals surface area contributed by atoms with Gasteiger partial charge in [0.2, 0.25) is 0 Å². The third-order valence-electron chi connectivity index (χ3n) is 0.794. The van der Waals surface area contributed by atoms with Gasteiger partial charge in [0.15, 0.2) is 0 Å². The quantitative estimate of drug-likeness (QED) is 0.365. The molecule has 6 nitrogen and oxygen atoms in total. The Morgan fingerprint density at radius 2 is 1.27 bits per heavy atom. The first-order chi connectivity index (χ1) is 6.54. The van der Waals surface area contributed by atoms with Crippen LogP contribution in [0.1, 0.15) is 16.7 Å². The Bertz CT molecular complexity index is 152. The maximum absolute atomic E-state index is 10.1. The standard InChI is InChI=1S/C6H10O4.C2H6O2.Mg.2H/c1-5(7)9-3-4-10-6(2)8;3-1-2-4;;;/h3-4H2,1-2H3;3-4H,1-2H2;;;/q;;+2;2*-1. The Morgan fingerprint density at radius 1 is 1.00 bits per heavy atom. The van der Waals surface area contributed by atoms with E-state index < -0.39 is 0 Å². The molecule has 0 aromatic heterocycles. The Labute approximate surface area is 108 Å². The maximum Gasteiger partial charge on any atom is 2.00 e. The van der Waals surface area contributed by atoms with E-state index in [1.807, 2.05) is 0 Å². The van der Waals surface area contributed by atoms with Gasteiger partial charge in [-0.25, -0.2) is 0 Å². The minimum absolute atomic E-state index is 0. The Morgan fingerprint density at radius 3 is 1.40 bits per heavy atom. The summed E-state index contributed by atoms with van der Waals surface area (Å²) in [4.78, 5) is 20.3. The molecule has 0 saturated carbocycles. The van der Waals surface area contributed by atoms with E-state index in [2.05, 4.69) is 9.47 Å². The van der Waals surface area contributed by atoms with Gasteiger partial charge in [-0.1, -0.05) is 0 Å². The second kappa shape index (κ2) is 16.1. The fourth-order valence-corrected chi connectivity index (χ4v) is 0.371. The third kappa shape index (κ3) is 31.7. The SMILES string of the molecule is CC(=O)OCCOC(C)=O.OCCO.[H-].[H-].[Mg+2]. The van der Waals surface area contributed by atoms with Crippen molar-refractivity contribution in [2.75, 3.05) is 26.4 Å². The van der Waals surface area contributed by atoms with E-state index >= 15 is 0 Å². The molecule has 0 spiro atoms. The molecule has 0 bridgehead atoms. The van der Waals surface area contributed by atoms with Gasteiger partial charge in [0.05, 0.1) is 13.2 Å². The predicted molar refractivity (Wildman–Crippen MR) is 55.4 cm³/mol. The van der Waals surface area contributed by atoms with Crippen molar-refractivity contribution in [1.29, 1.82) is 0 Å². The third-order valence-corrected chi connectivity index (χ3v) is 0.794. The Kier molecular flexibility index (Phi) is 21.5. The summed E-state index contributed by atoms with van der Waals surface area (Å²) in [5, 5.41) is 15.2. The number of hydrogen-bond donors (Lipinski definition) is 2. The van der Waals surface area contributed by atoms with Gasteiger partial charge in [0, 0.05) is 13.8 Å². The van der Waals surface area contributed by atoms with Gasteiger partial charge >= 0.3 is 35.0 Å². The molecule has 0 aromatic carbocycles. The van der Waals surface area contributed by atoms with Crippen LogP contribution in [0.2, 0.25) is 0 Å². The molecule has 0 radical (unpaired) electrons. The number of aliphatic hydroxyl groups excluding tert-OH is 2. The van der Waals surface area contributed by atoms with E-state index in [4.69, 9.17) is 10.2 Å². The topological polar surface area (TPSA) is 93.1 Å². The van der Waals surface area contributed by atoms with Crippen LogP contribution in [0.5, 0.6) is 0 Å². The summed E-state index contributed by atoms with van der Waals surface area (Å²) >= 11 is 0. The number of carbonyl (C=O) groups excluding carboxylic acids is 2. The van der Waals surface area contributed by atoms with Crippen molar-refractivity contribution in [2.24, 2.45) is 0 Å². The molecule has 0 unspecified atom stereocenters. The average Bonchev–Trinajstić information content (AvgIpc) is 2.12. The van der Waals surface area contributed by atoms with E-state index in [0.717, 1.165) is 0 Å². The predicted octanol–water partition coefficient (Wildman–Crippen LogP) is -1.07. The van der Waals surface area contributed by atoms with E-state index in [-0.39, 0.29) is 64.3 Å². The van der Waals surface area contributed by atoms with Crippen LogP contribution < -0.4 is 0 Å². The first kappa shape index (κ1) is 20.1. The summed E-state index contributed by atoms with van der Waals surface area (Å²) in [5.74, 6) is -0.737. The number of hydrogen-bond acceptors (Lipinski definition) is 6. The van der Waals surface area contributed by atoms with E-state index in [0.29, 0.717) is 0 Å². The largest absolute Gasteiger partial charge is 2.00 e.